The smallest absolute Gasteiger partial charge is 0.156 e. The molecule has 2 heterocycles. The van der Waals surface area contributed by atoms with E-state index in [-0.39, 0.29) is 11.7 Å². The van der Waals surface area contributed by atoms with Crippen LogP contribution < -0.4 is 4.74 Å². The third-order valence-electron chi connectivity index (χ3n) is 5.32. The predicted octanol–water partition coefficient (Wildman–Crippen LogP) is 4.78. The van der Waals surface area contributed by atoms with E-state index in [9.17, 15) is 4.39 Å². The Balaban J connectivity index is 1.57. The van der Waals surface area contributed by atoms with Gasteiger partial charge in [-0.05, 0) is 48.4 Å². The monoisotopic (exact) mass is 417 g/mol. The number of aromatic nitrogens is 5. The van der Waals surface area contributed by atoms with E-state index in [2.05, 4.69) is 15.2 Å². The van der Waals surface area contributed by atoms with Crippen LogP contribution in [0.2, 0.25) is 0 Å². The number of benzene rings is 2. The lowest BCUT2D eigenvalue weighted by Crippen LogP contribution is -2.05. The van der Waals surface area contributed by atoms with Crippen molar-refractivity contribution in [1.29, 1.82) is 0 Å². The van der Waals surface area contributed by atoms with Crippen molar-refractivity contribution in [2.24, 2.45) is 7.05 Å². The maximum absolute atomic E-state index is 13.2. The minimum atomic E-state index is -0.248. The number of imidazole rings is 1. The molecule has 0 spiro atoms. The number of hydrogen-bond donors (Lipinski definition) is 0. The summed E-state index contributed by atoms with van der Waals surface area (Å²) in [5, 5.41) is 8.66. The fourth-order valence-electron chi connectivity index (χ4n) is 3.51. The van der Waals surface area contributed by atoms with Gasteiger partial charge in [0.15, 0.2) is 5.82 Å². The summed E-state index contributed by atoms with van der Waals surface area (Å²) in [7, 11) is 3.59. The molecule has 4 aromatic rings. The van der Waals surface area contributed by atoms with E-state index in [1.807, 2.05) is 66.6 Å². The molecule has 0 saturated carbocycles. The minimum absolute atomic E-state index is 0.00161. The van der Waals surface area contributed by atoms with E-state index >= 15 is 0 Å². The highest BCUT2D eigenvalue weighted by atomic mass is 19.1. The Morgan fingerprint density at radius 2 is 1.84 bits per heavy atom. The number of rotatable bonds is 6. The van der Waals surface area contributed by atoms with Crippen LogP contribution in [0.1, 0.15) is 41.3 Å². The molecule has 4 rings (SSSR count). The van der Waals surface area contributed by atoms with Crippen LogP contribution in [0.4, 0.5) is 4.39 Å². The van der Waals surface area contributed by atoms with Gasteiger partial charge < -0.3 is 13.9 Å². The third-order valence-corrected chi connectivity index (χ3v) is 5.32. The van der Waals surface area contributed by atoms with Crippen molar-refractivity contribution < 1.29 is 9.13 Å². The average Bonchev–Trinajstić information content (AvgIpc) is 3.37. The number of methoxy groups -OCH3 is 1. The number of halogens is 1. The lowest BCUT2D eigenvalue weighted by molar-refractivity contribution is 0.413. The highest BCUT2D eigenvalue weighted by Gasteiger charge is 2.16. The fourth-order valence-corrected chi connectivity index (χ4v) is 3.51. The van der Waals surface area contributed by atoms with Crippen molar-refractivity contribution in [2.45, 2.75) is 19.8 Å². The quantitative estimate of drug-likeness (QED) is 0.453. The first-order valence-corrected chi connectivity index (χ1v) is 9.98. The standard InChI is InChI=1S/C24H24FN5O/c1-16-14-30(15-26-16)21-11-5-18(13-22(21)31-4)6-12-23-27-28-24(29(23)3)17(2)19-7-9-20(25)10-8-19/h5-15,17H,1-4H3/t17-/m1/s1. The molecule has 158 valence electrons. The zero-order valence-corrected chi connectivity index (χ0v) is 18.0. The van der Waals surface area contributed by atoms with Crippen molar-refractivity contribution >= 4 is 12.2 Å². The first kappa shape index (κ1) is 20.5. The summed E-state index contributed by atoms with van der Waals surface area (Å²) in [6, 6.07) is 12.5. The van der Waals surface area contributed by atoms with Crippen molar-refractivity contribution in [1.82, 2.24) is 24.3 Å². The molecule has 2 aromatic heterocycles. The molecule has 0 amide bonds. The van der Waals surface area contributed by atoms with Crippen molar-refractivity contribution in [3.63, 3.8) is 0 Å². The van der Waals surface area contributed by atoms with Gasteiger partial charge in [0.2, 0.25) is 0 Å². The molecular weight excluding hydrogens is 393 g/mol. The first-order chi connectivity index (χ1) is 15.0. The summed E-state index contributed by atoms with van der Waals surface area (Å²) in [5.41, 5.74) is 3.84. The topological polar surface area (TPSA) is 57.8 Å². The average molecular weight is 417 g/mol. The molecule has 0 aliphatic rings. The summed E-state index contributed by atoms with van der Waals surface area (Å²) in [4.78, 5) is 4.28. The maximum Gasteiger partial charge on any atom is 0.156 e. The number of hydrogen-bond acceptors (Lipinski definition) is 4. The molecule has 7 heteroatoms. The van der Waals surface area contributed by atoms with Crippen LogP contribution in [0.3, 0.4) is 0 Å². The van der Waals surface area contributed by atoms with Crippen LogP contribution in [-0.2, 0) is 7.05 Å². The molecule has 0 aliphatic carbocycles. The normalized spacial score (nSPS) is 12.4. The van der Waals surface area contributed by atoms with Gasteiger partial charge in [0.05, 0.1) is 24.8 Å². The van der Waals surface area contributed by atoms with Crippen LogP contribution in [0.15, 0.2) is 55.0 Å². The first-order valence-electron chi connectivity index (χ1n) is 9.98. The largest absolute Gasteiger partial charge is 0.495 e. The Hall–Kier alpha value is -3.74. The molecule has 6 nitrogen and oxygen atoms in total. The molecule has 1 atom stereocenters. The summed E-state index contributed by atoms with van der Waals surface area (Å²) >= 11 is 0. The Morgan fingerprint density at radius 3 is 2.52 bits per heavy atom. The van der Waals surface area contributed by atoms with Gasteiger partial charge in [0.1, 0.15) is 17.4 Å². The minimum Gasteiger partial charge on any atom is -0.495 e. The Kier molecular flexibility index (Phi) is 5.66. The third kappa shape index (κ3) is 4.26. The predicted molar refractivity (Wildman–Crippen MR) is 119 cm³/mol. The van der Waals surface area contributed by atoms with Crippen LogP contribution in [0, 0.1) is 12.7 Å². The van der Waals surface area contributed by atoms with Crippen LogP contribution in [0.5, 0.6) is 5.75 Å². The highest BCUT2D eigenvalue weighted by molar-refractivity contribution is 5.69. The van der Waals surface area contributed by atoms with Gasteiger partial charge in [-0.25, -0.2) is 9.37 Å². The molecule has 0 aliphatic heterocycles. The zero-order valence-electron chi connectivity index (χ0n) is 18.0. The second kappa shape index (κ2) is 8.55. The van der Waals surface area contributed by atoms with Gasteiger partial charge >= 0.3 is 0 Å². The number of ether oxygens (including phenoxy) is 1. The second-order valence-electron chi connectivity index (χ2n) is 7.44. The van der Waals surface area contributed by atoms with Gasteiger partial charge in [-0.3, -0.25) is 0 Å². The zero-order chi connectivity index (χ0) is 22.0. The molecule has 0 unspecified atom stereocenters. The van der Waals surface area contributed by atoms with Crippen molar-refractivity contribution in [3.05, 3.63) is 89.3 Å². The molecule has 0 radical (unpaired) electrons. The van der Waals surface area contributed by atoms with Crippen molar-refractivity contribution in [3.8, 4) is 11.4 Å². The SMILES string of the molecule is COc1cc(C=Cc2nnc([C@H](C)c3ccc(F)cc3)n2C)ccc1-n1cnc(C)c1. The fraction of sp³-hybridized carbons (Fsp3) is 0.208. The van der Waals surface area contributed by atoms with Crippen molar-refractivity contribution in [2.75, 3.05) is 7.11 Å². The molecule has 0 N–H and O–H groups in total. The van der Waals surface area contributed by atoms with E-state index in [0.717, 1.165) is 39.9 Å². The van der Waals surface area contributed by atoms with Gasteiger partial charge in [-0.15, -0.1) is 10.2 Å². The van der Waals surface area contributed by atoms with E-state index in [1.165, 1.54) is 12.1 Å². The van der Waals surface area contributed by atoms with E-state index < -0.39 is 0 Å². The van der Waals surface area contributed by atoms with Gasteiger partial charge in [-0.1, -0.05) is 31.2 Å². The Labute approximate surface area is 180 Å². The summed E-state index contributed by atoms with van der Waals surface area (Å²) < 4.78 is 22.7. The second-order valence-corrected chi connectivity index (χ2v) is 7.44. The summed E-state index contributed by atoms with van der Waals surface area (Å²) in [6.45, 7) is 3.98. The lowest BCUT2D eigenvalue weighted by Gasteiger charge is -2.11. The molecule has 0 fully saturated rings. The molecule has 31 heavy (non-hydrogen) atoms. The lowest BCUT2D eigenvalue weighted by atomic mass is 10.0. The molecule has 2 aromatic carbocycles. The number of aryl methyl sites for hydroxylation is 1. The van der Waals surface area contributed by atoms with Gasteiger partial charge in [0.25, 0.3) is 0 Å². The molecule has 0 bridgehead atoms. The molecular formula is C24H24FN5O. The maximum atomic E-state index is 13.2. The Bertz CT molecular complexity index is 1220. The van der Waals surface area contributed by atoms with E-state index in [1.54, 1.807) is 25.6 Å². The van der Waals surface area contributed by atoms with E-state index in [0.29, 0.717) is 0 Å². The van der Waals surface area contributed by atoms with Crippen LogP contribution in [0.25, 0.3) is 17.8 Å². The number of nitrogens with zero attached hydrogens (tertiary/aromatic N) is 5. The summed E-state index contributed by atoms with van der Waals surface area (Å²) in [5.74, 6) is 2.05. The highest BCUT2D eigenvalue weighted by Crippen LogP contribution is 2.26. The molecule has 0 saturated heterocycles. The van der Waals surface area contributed by atoms with Crippen LogP contribution in [-0.4, -0.2) is 31.4 Å². The van der Waals surface area contributed by atoms with Gasteiger partial charge in [0, 0.05) is 19.2 Å². The van der Waals surface area contributed by atoms with E-state index in [4.69, 9.17) is 4.74 Å². The summed E-state index contributed by atoms with van der Waals surface area (Å²) in [6.07, 6.45) is 7.62. The van der Waals surface area contributed by atoms with Crippen LogP contribution >= 0.6 is 0 Å². The van der Waals surface area contributed by atoms with Gasteiger partial charge in [-0.2, -0.15) is 0 Å². The Morgan fingerprint density at radius 1 is 1.06 bits per heavy atom.